The number of hydrogen-bond acceptors (Lipinski definition) is 1. The van der Waals surface area contributed by atoms with Gasteiger partial charge in [-0.1, -0.05) is 15.9 Å². The summed E-state index contributed by atoms with van der Waals surface area (Å²) < 4.78 is 2.75. The summed E-state index contributed by atoms with van der Waals surface area (Å²) in [5.74, 6) is -0.824. The molecule has 0 bridgehead atoms. The molecule has 1 aromatic carbocycles. The van der Waals surface area contributed by atoms with Gasteiger partial charge in [-0.25, -0.2) is 4.79 Å². The number of halogens is 1. The van der Waals surface area contributed by atoms with E-state index in [2.05, 4.69) is 15.9 Å². The van der Waals surface area contributed by atoms with Crippen LogP contribution in [0.4, 0.5) is 0 Å². The van der Waals surface area contributed by atoms with Gasteiger partial charge in [0.1, 0.15) is 6.04 Å². The van der Waals surface area contributed by atoms with Gasteiger partial charge in [-0.2, -0.15) is 0 Å². The highest BCUT2D eigenvalue weighted by Crippen LogP contribution is 2.23. The van der Waals surface area contributed by atoms with Gasteiger partial charge in [0.2, 0.25) is 0 Å². The van der Waals surface area contributed by atoms with Gasteiger partial charge in [0.05, 0.1) is 0 Å². The van der Waals surface area contributed by atoms with Crippen LogP contribution >= 0.6 is 15.9 Å². The minimum absolute atomic E-state index is 0.538. The summed E-state index contributed by atoms with van der Waals surface area (Å²) in [6.45, 7) is 1.67. The lowest BCUT2D eigenvalue weighted by Crippen LogP contribution is -2.14. The predicted molar refractivity (Wildman–Crippen MR) is 62.0 cm³/mol. The first-order chi connectivity index (χ1) is 7.09. The molecule has 0 saturated carbocycles. The third kappa shape index (κ3) is 1.77. The lowest BCUT2D eigenvalue weighted by molar-refractivity contribution is -0.140. The predicted octanol–water partition coefficient (Wildman–Crippen LogP) is 3.05. The Balaban J connectivity index is 2.59. The summed E-state index contributed by atoms with van der Waals surface area (Å²) in [5.41, 5.74) is 0.938. The van der Waals surface area contributed by atoms with Crippen LogP contribution in [0.25, 0.3) is 10.9 Å². The molecule has 0 amide bonds. The Morgan fingerprint density at radius 1 is 1.47 bits per heavy atom. The van der Waals surface area contributed by atoms with E-state index in [1.165, 1.54) is 0 Å². The Hall–Kier alpha value is -1.29. The zero-order chi connectivity index (χ0) is 11.0. The van der Waals surface area contributed by atoms with Crippen molar-refractivity contribution in [1.82, 2.24) is 4.57 Å². The van der Waals surface area contributed by atoms with E-state index in [0.717, 1.165) is 15.4 Å². The maximum Gasteiger partial charge on any atom is 0.326 e. The number of carbonyl (C=O) groups is 1. The van der Waals surface area contributed by atoms with Gasteiger partial charge in [0, 0.05) is 21.6 Å². The molecule has 78 valence electrons. The number of carboxylic acids is 1. The van der Waals surface area contributed by atoms with Crippen LogP contribution in [0.15, 0.2) is 34.9 Å². The van der Waals surface area contributed by atoms with Crippen LogP contribution in [0, 0.1) is 0 Å². The van der Waals surface area contributed by atoms with Crippen LogP contribution in [-0.4, -0.2) is 15.6 Å². The normalized spacial score (nSPS) is 12.9. The summed E-state index contributed by atoms with van der Waals surface area (Å²) in [6.07, 6.45) is 1.80. The number of benzene rings is 1. The molecule has 1 atom stereocenters. The SMILES string of the molecule is CC(C(=O)O)n1ccc2cc(Br)ccc21. The van der Waals surface area contributed by atoms with Crippen molar-refractivity contribution >= 4 is 32.8 Å². The third-order valence-electron chi connectivity index (χ3n) is 2.46. The lowest BCUT2D eigenvalue weighted by atomic mass is 10.2. The van der Waals surface area contributed by atoms with Crippen LogP contribution in [0.5, 0.6) is 0 Å². The quantitative estimate of drug-likeness (QED) is 0.909. The Morgan fingerprint density at radius 2 is 2.20 bits per heavy atom. The molecule has 0 aliphatic carbocycles. The van der Waals surface area contributed by atoms with Crippen molar-refractivity contribution in [3.05, 3.63) is 34.9 Å². The van der Waals surface area contributed by atoms with Crippen molar-refractivity contribution in [2.75, 3.05) is 0 Å². The van der Waals surface area contributed by atoms with Crippen molar-refractivity contribution in [2.45, 2.75) is 13.0 Å². The Bertz CT molecular complexity index is 518. The molecule has 1 aromatic heterocycles. The lowest BCUT2D eigenvalue weighted by Gasteiger charge is -2.09. The topological polar surface area (TPSA) is 42.2 Å². The molecule has 0 fully saturated rings. The minimum Gasteiger partial charge on any atom is -0.480 e. The summed E-state index contributed by atoms with van der Waals surface area (Å²) in [5, 5.41) is 9.98. The van der Waals surface area contributed by atoms with E-state index in [0.29, 0.717) is 0 Å². The molecule has 0 aliphatic rings. The van der Waals surface area contributed by atoms with E-state index < -0.39 is 12.0 Å². The van der Waals surface area contributed by atoms with Gasteiger partial charge >= 0.3 is 5.97 Å². The monoisotopic (exact) mass is 267 g/mol. The van der Waals surface area contributed by atoms with E-state index >= 15 is 0 Å². The van der Waals surface area contributed by atoms with Crippen LogP contribution in [0.1, 0.15) is 13.0 Å². The minimum atomic E-state index is -0.824. The summed E-state index contributed by atoms with van der Waals surface area (Å²) in [6, 6.07) is 7.18. The Morgan fingerprint density at radius 3 is 2.87 bits per heavy atom. The first kappa shape index (κ1) is 10.2. The zero-order valence-corrected chi connectivity index (χ0v) is 9.73. The zero-order valence-electron chi connectivity index (χ0n) is 8.14. The highest BCUT2D eigenvalue weighted by atomic mass is 79.9. The second kappa shape index (κ2) is 3.70. The number of nitrogens with zero attached hydrogens (tertiary/aromatic N) is 1. The number of aromatic nitrogens is 1. The van der Waals surface area contributed by atoms with Gasteiger partial charge in [-0.15, -0.1) is 0 Å². The third-order valence-corrected chi connectivity index (χ3v) is 2.95. The van der Waals surface area contributed by atoms with E-state index in [9.17, 15) is 4.79 Å². The van der Waals surface area contributed by atoms with Crippen LogP contribution in [-0.2, 0) is 4.79 Å². The summed E-state index contributed by atoms with van der Waals surface area (Å²) in [7, 11) is 0. The largest absolute Gasteiger partial charge is 0.480 e. The molecular formula is C11H10BrNO2. The molecule has 0 saturated heterocycles. The number of hydrogen-bond donors (Lipinski definition) is 1. The smallest absolute Gasteiger partial charge is 0.326 e. The van der Waals surface area contributed by atoms with Gasteiger partial charge in [0.15, 0.2) is 0 Å². The average Bonchev–Trinajstić information content (AvgIpc) is 2.59. The molecular weight excluding hydrogens is 258 g/mol. The van der Waals surface area contributed by atoms with Crippen molar-refractivity contribution in [3.8, 4) is 0 Å². The van der Waals surface area contributed by atoms with E-state index in [1.807, 2.05) is 24.3 Å². The molecule has 2 aromatic rings. The standard InChI is InChI=1S/C11H10BrNO2/c1-7(11(14)15)13-5-4-8-6-9(12)2-3-10(8)13/h2-7H,1H3,(H,14,15). The molecule has 1 N–H and O–H groups in total. The molecule has 15 heavy (non-hydrogen) atoms. The summed E-state index contributed by atoms with van der Waals surface area (Å²) >= 11 is 3.38. The first-order valence-electron chi connectivity index (χ1n) is 4.58. The molecule has 0 spiro atoms. The van der Waals surface area contributed by atoms with E-state index in [1.54, 1.807) is 17.7 Å². The highest BCUT2D eigenvalue weighted by molar-refractivity contribution is 9.10. The molecule has 0 aliphatic heterocycles. The Labute approximate surface area is 95.5 Å². The average molecular weight is 268 g/mol. The van der Waals surface area contributed by atoms with Gasteiger partial charge < -0.3 is 9.67 Å². The van der Waals surface area contributed by atoms with Crippen molar-refractivity contribution in [3.63, 3.8) is 0 Å². The van der Waals surface area contributed by atoms with Crippen molar-refractivity contribution in [1.29, 1.82) is 0 Å². The van der Waals surface area contributed by atoms with Crippen LogP contribution < -0.4 is 0 Å². The second-order valence-corrected chi connectivity index (χ2v) is 4.36. The maximum atomic E-state index is 10.9. The number of aliphatic carboxylic acids is 1. The molecule has 3 nitrogen and oxygen atoms in total. The molecule has 0 radical (unpaired) electrons. The fourth-order valence-electron chi connectivity index (χ4n) is 1.59. The molecule has 4 heteroatoms. The summed E-state index contributed by atoms with van der Waals surface area (Å²) in [4.78, 5) is 10.9. The van der Waals surface area contributed by atoms with Crippen molar-refractivity contribution < 1.29 is 9.90 Å². The van der Waals surface area contributed by atoms with Gasteiger partial charge in [-0.05, 0) is 31.2 Å². The van der Waals surface area contributed by atoms with Gasteiger partial charge in [-0.3, -0.25) is 0 Å². The molecule has 1 unspecified atom stereocenters. The van der Waals surface area contributed by atoms with E-state index in [-0.39, 0.29) is 0 Å². The van der Waals surface area contributed by atoms with E-state index in [4.69, 9.17) is 5.11 Å². The first-order valence-corrected chi connectivity index (χ1v) is 5.38. The van der Waals surface area contributed by atoms with Crippen LogP contribution in [0.3, 0.4) is 0 Å². The fourth-order valence-corrected chi connectivity index (χ4v) is 1.97. The van der Waals surface area contributed by atoms with Gasteiger partial charge in [0.25, 0.3) is 0 Å². The number of carboxylic acid groups (broad SMARTS) is 1. The fraction of sp³-hybridized carbons (Fsp3) is 0.182. The van der Waals surface area contributed by atoms with Crippen LogP contribution in [0.2, 0.25) is 0 Å². The molecule has 2 rings (SSSR count). The number of rotatable bonds is 2. The highest BCUT2D eigenvalue weighted by Gasteiger charge is 2.14. The second-order valence-electron chi connectivity index (χ2n) is 3.44. The Kier molecular flexibility index (Phi) is 2.52. The number of fused-ring (bicyclic) bond motifs is 1. The van der Waals surface area contributed by atoms with Crippen molar-refractivity contribution in [2.24, 2.45) is 0 Å². The maximum absolute atomic E-state index is 10.9. The molecule has 1 heterocycles.